The van der Waals surface area contributed by atoms with Crippen LogP contribution in [-0.4, -0.2) is 53.8 Å². The van der Waals surface area contributed by atoms with Crippen molar-refractivity contribution in [3.05, 3.63) is 84.4 Å². The third-order valence-corrected chi connectivity index (χ3v) is 6.68. The average Bonchev–Trinajstić information content (AvgIpc) is 3.34. The fourth-order valence-electron chi connectivity index (χ4n) is 4.98. The molecule has 5 rings (SSSR count). The first-order valence-electron chi connectivity index (χ1n) is 11.8. The minimum atomic E-state index is -0.610. The van der Waals surface area contributed by atoms with Gasteiger partial charge in [-0.15, -0.1) is 0 Å². The van der Waals surface area contributed by atoms with Crippen LogP contribution in [0, 0.1) is 0 Å². The summed E-state index contributed by atoms with van der Waals surface area (Å²) in [5, 5.41) is 15.8. The Balaban J connectivity index is 1.26. The molecule has 1 aliphatic carbocycles. The van der Waals surface area contributed by atoms with Gasteiger partial charge in [-0.1, -0.05) is 30.4 Å². The fraction of sp³-hybridized carbons (Fsp3) is 0.370. The summed E-state index contributed by atoms with van der Waals surface area (Å²) in [7, 11) is 1.64. The molecule has 3 unspecified atom stereocenters. The maximum Gasteiger partial charge on any atom is 0.159 e. The summed E-state index contributed by atoms with van der Waals surface area (Å²) < 4.78 is 16.6. The molecule has 0 radical (unpaired) electrons. The summed E-state index contributed by atoms with van der Waals surface area (Å²) in [5.74, 6) is 1.49. The standard InChI is InChI=1S/C27H31N3O4/c1-32-24-9-5-8-22-21(10-12-28-27(22)24)23(31)17-30-13-11-20(16-30)29-26(19-6-3-2-4-7-19)25-18-33-14-15-34-25/h2-3,5-6,8-10,12,14-15,18,20,23,26,29,31H,4,7,11,13,16-17H2,1H3. The molecule has 3 atom stereocenters. The summed E-state index contributed by atoms with van der Waals surface area (Å²) >= 11 is 0. The zero-order valence-corrected chi connectivity index (χ0v) is 19.4. The molecule has 7 nitrogen and oxygen atoms in total. The second-order valence-electron chi connectivity index (χ2n) is 8.87. The number of hydrogen-bond donors (Lipinski definition) is 2. The van der Waals surface area contributed by atoms with Gasteiger partial charge in [0.25, 0.3) is 0 Å². The highest BCUT2D eigenvalue weighted by Crippen LogP contribution is 2.30. The first-order chi connectivity index (χ1) is 16.7. The molecule has 0 spiro atoms. The number of nitrogens with one attached hydrogen (secondary N) is 1. The Labute approximate surface area is 200 Å². The van der Waals surface area contributed by atoms with Crippen LogP contribution in [0.5, 0.6) is 5.75 Å². The predicted molar refractivity (Wildman–Crippen MR) is 131 cm³/mol. The van der Waals surface area contributed by atoms with Crippen LogP contribution in [0.15, 0.2) is 78.8 Å². The number of aromatic nitrogens is 1. The van der Waals surface area contributed by atoms with E-state index in [9.17, 15) is 5.11 Å². The van der Waals surface area contributed by atoms with Crippen molar-refractivity contribution >= 4 is 10.9 Å². The summed E-state index contributed by atoms with van der Waals surface area (Å²) in [5.41, 5.74) is 2.95. The van der Waals surface area contributed by atoms with Gasteiger partial charge in [-0.2, -0.15) is 0 Å². The highest BCUT2D eigenvalue weighted by atomic mass is 16.5. The van der Waals surface area contributed by atoms with E-state index in [4.69, 9.17) is 14.2 Å². The van der Waals surface area contributed by atoms with Crippen LogP contribution in [0.25, 0.3) is 10.9 Å². The van der Waals surface area contributed by atoms with Crippen LogP contribution in [0.2, 0.25) is 0 Å². The second kappa shape index (κ2) is 10.4. The molecular formula is C27H31N3O4. The summed E-state index contributed by atoms with van der Waals surface area (Å²) in [6, 6.07) is 7.98. The third-order valence-electron chi connectivity index (χ3n) is 6.68. The first-order valence-corrected chi connectivity index (χ1v) is 11.8. The normalized spacial score (nSPS) is 22.0. The summed E-state index contributed by atoms with van der Waals surface area (Å²) in [6.07, 6.45) is 15.4. The number of rotatable bonds is 8. The van der Waals surface area contributed by atoms with Gasteiger partial charge < -0.3 is 19.3 Å². The second-order valence-corrected chi connectivity index (χ2v) is 8.87. The van der Waals surface area contributed by atoms with Crippen molar-refractivity contribution in [2.45, 2.75) is 37.5 Å². The molecule has 2 aliphatic heterocycles. The molecule has 7 heteroatoms. The van der Waals surface area contributed by atoms with E-state index < -0.39 is 6.10 Å². The molecule has 1 aromatic heterocycles. The Morgan fingerprint density at radius 1 is 1.29 bits per heavy atom. The minimum Gasteiger partial charge on any atom is -0.494 e. The Hall–Kier alpha value is -3.13. The largest absolute Gasteiger partial charge is 0.494 e. The van der Waals surface area contributed by atoms with Crippen molar-refractivity contribution in [2.24, 2.45) is 0 Å². The van der Waals surface area contributed by atoms with Crippen LogP contribution in [-0.2, 0) is 9.47 Å². The lowest BCUT2D eigenvalue weighted by Gasteiger charge is -2.28. The molecule has 3 aliphatic rings. The number of benzene rings is 1. The fourth-order valence-corrected chi connectivity index (χ4v) is 4.98. The lowest BCUT2D eigenvalue weighted by atomic mass is 9.95. The number of hydrogen-bond acceptors (Lipinski definition) is 7. The van der Waals surface area contributed by atoms with E-state index in [2.05, 4.69) is 33.4 Å². The number of methoxy groups -OCH3 is 1. The van der Waals surface area contributed by atoms with Gasteiger partial charge in [0.05, 0.1) is 19.3 Å². The molecule has 1 saturated heterocycles. The van der Waals surface area contributed by atoms with Crippen LogP contribution in [0.1, 0.15) is 30.9 Å². The SMILES string of the molecule is COc1cccc2c(C(O)CN3CCC(NC(C4=CC=CCC4)C4=COC=CO4)C3)ccnc12. The quantitative estimate of drug-likeness (QED) is 0.617. The monoisotopic (exact) mass is 461 g/mol. The van der Waals surface area contributed by atoms with Crippen LogP contribution < -0.4 is 10.1 Å². The molecule has 0 bridgehead atoms. The minimum absolute atomic E-state index is 0.0265. The van der Waals surface area contributed by atoms with E-state index in [0.29, 0.717) is 12.3 Å². The van der Waals surface area contributed by atoms with Crippen LogP contribution in [0.4, 0.5) is 0 Å². The van der Waals surface area contributed by atoms with E-state index in [1.165, 1.54) is 11.8 Å². The van der Waals surface area contributed by atoms with Gasteiger partial charge in [0.2, 0.25) is 0 Å². The average molecular weight is 462 g/mol. The van der Waals surface area contributed by atoms with Crippen molar-refractivity contribution in [1.29, 1.82) is 0 Å². The number of ether oxygens (including phenoxy) is 3. The van der Waals surface area contributed by atoms with Crippen molar-refractivity contribution in [3.63, 3.8) is 0 Å². The zero-order chi connectivity index (χ0) is 23.3. The van der Waals surface area contributed by atoms with Crippen LogP contribution in [0.3, 0.4) is 0 Å². The molecular weight excluding hydrogens is 430 g/mol. The number of allylic oxidation sites excluding steroid dienone is 3. The van der Waals surface area contributed by atoms with E-state index in [1.54, 1.807) is 25.8 Å². The Morgan fingerprint density at radius 2 is 2.24 bits per heavy atom. The molecule has 34 heavy (non-hydrogen) atoms. The van der Waals surface area contributed by atoms with Crippen molar-refractivity contribution < 1.29 is 19.3 Å². The van der Waals surface area contributed by atoms with Crippen molar-refractivity contribution in [3.8, 4) is 5.75 Å². The highest BCUT2D eigenvalue weighted by Gasteiger charge is 2.30. The molecule has 3 heterocycles. The third kappa shape index (κ3) is 4.87. The molecule has 178 valence electrons. The number of β-amino-alcohol motifs (C(OH)–C–C–N with tert-alkyl or cyclic N) is 1. The number of para-hydroxylation sites is 1. The Morgan fingerprint density at radius 3 is 3.03 bits per heavy atom. The number of likely N-dealkylation sites (tertiary alicyclic amines) is 1. The van der Waals surface area contributed by atoms with Gasteiger partial charge in [0.1, 0.15) is 30.1 Å². The van der Waals surface area contributed by atoms with Gasteiger partial charge in [-0.05, 0) is 49.1 Å². The number of aliphatic hydroxyl groups is 1. The smallest absolute Gasteiger partial charge is 0.159 e. The number of aliphatic hydroxyl groups excluding tert-OH is 1. The van der Waals surface area contributed by atoms with Crippen LogP contribution >= 0.6 is 0 Å². The van der Waals surface area contributed by atoms with Gasteiger partial charge >= 0.3 is 0 Å². The Kier molecular flexibility index (Phi) is 6.94. The molecule has 2 aromatic rings. The molecule has 0 amide bonds. The van der Waals surface area contributed by atoms with Gasteiger partial charge in [0, 0.05) is 30.7 Å². The molecule has 2 N–H and O–H groups in total. The lowest BCUT2D eigenvalue weighted by Crippen LogP contribution is -2.43. The lowest BCUT2D eigenvalue weighted by molar-refractivity contribution is 0.126. The summed E-state index contributed by atoms with van der Waals surface area (Å²) in [4.78, 5) is 6.77. The number of pyridine rings is 1. The van der Waals surface area contributed by atoms with Crippen molar-refractivity contribution in [2.75, 3.05) is 26.7 Å². The maximum absolute atomic E-state index is 11.1. The number of fused-ring (bicyclic) bond motifs is 1. The maximum atomic E-state index is 11.1. The van der Waals surface area contributed by atoms with E-state index >= 15 is 0 Å². The van der Waals surface area contributed by atoms with Crippen molar-refractivity contribution in [1.82, 2.24) is 15.2 Å². The molecule has 0 saturated carbocycles. The van der Waals surface area contributed by atoms with E-state index in [1.807, 2.05) is 24.3 Å². The highest BCUT2D eigenvalue weighted by molar-refractivity contribution is 5.87. The van der Waals surface area contributed by atoms with Gasteiger partial charge in [0.15, 0.2) is 5.76 Å². The van der Waals surface area contributed by atoms with E-state index in [0.717, 1.165) is 54.6 Å². The van der Waals surface area contributed by atoms with E-state index in [-0.39, 0.29) is 12.1 Å². The number of nitrogens with zero attached hydrogens (tertiary/aromatic N) is 2. The zero-order valence-electron chi connectivity index (χ0n) is 19.4. The topological polar surface area (TPSA) is 76.1 Å². The van der Waals surface area contributed by atoms with Gasteiger partial charge in [-0.25, -0.2) is 0 Å². The summed E-state index contributed by atoms with van der Waals surface area (Å²) in [6.45, 7) is 2.34. The molecule has 1 fully saturated rings. The van der Waals surface area contributed by atoms with Gasteiger partial charge in [-0.3, -0.25) is 15.2 Å². The molecule has 1 aromatic carbocycles. The Bertz CT molecular complexity index is 1140. The first kappa shape index (κ1) is 22.7. The predicted octanol–water partition coefficient (Wildman–Crippen LogP) is 3.95.